The van der Waals surface area contributed by atoms with E-state index in [0.717, 1.165) is 11.4 Å². The van der Waals surface area contributed by atoms with Gasteiger partial charge in [0, 0.05) is 23.6 Å². The number of rotatable bonds is 12. The lowest BCUT2D eigenvalue weighted by Gasteiger charge is -2.32. The first-order chi connectivity index (χ1) is 20.7. The highest BCUT2D eigenvalue weighted by molar-refractivity contribution is 7.99. The molecule has 0 saturated carbocycles. The van der Waals surface area contributed by atoms with Crippen LogP contribution in [0.15, 0.2) is 78.0 Å². The molecule has 0 aliphatic carbocycles. The number of nitrogens with one attached hydrogen (secondary N) is 1. The van der Waals surface area contributed by atoms with Crippen LogP contribution in [0, 0.1) is 19.7 Å². The van der Waals surface area contributed by atoms with Crippen LogP contribution in [-0.4, -0.2) is 53.8 Å². The summed E-state index contributed by atoms with van der Waals surface area (Å²) in [4.78, 5) is 38.4. The third kappa shape index (κ3) is 8.23. The predicted octanol–water partition coefficient (Wildman–Crippen LogP) is 5.76. The molecule has 4 rings (SSSR count). The van der Waals surface area contributed by atoms with Gasteiger partial charge in [0.25, 0.3) is 5.91 Å². The molecule has 0 fully saturated rings. The van der Waals surface area contributed by atoms with Gasteiger partial charge < -0.3 is 24.4 Å². The molecule has 0 aliphatic rings. The Bertz CT molecular complexity index is 1550. The summed E-state index contributed by atoms with van der Waals surface area (Å²) >= 11 is 1.18. The number of hydrogen-bond donors (Lipinski definition) is 1. The van der Waals surface area contributed by atoms with E-state index in [4.69, 9.17) is 14.2 Å². The number of amides is 2. The van der Waals surface area contributed by atoms with Crippen molar-refractivity contribution in [2.45, 2.75) is 31.6 Å². The molecule has 0 radical (unpaired) electrons. The van der Waals surface area contributed by atoms with Crippen molar-refractivity contribution in [2.24, 2.45) is 0 Å². The molecular weight excluding hydrogens is 571 g/mol. The number of anilines is 1. The van der Waals surface area contributed by atoms with Crippen molar-refractivity contribution in [3.63, 3.8) is 0 Å². The summed E-state index contributed by atoms with van der Waals surface area (Å²) < 4.78 is 29.9. The van der Waals surface area contributed by atoms with Crippen LogP contribution in [0.3, 0.4) is 0 Å². The maximum atomic E-state index is 14.1. The van der Waals surface area contributed by atoms with Crippen LogP contribution in [0.2, 0.25) is 0 Å². The topological polar surface area (TPSA) is 103 Å². The average Bonchev–Trinajstić information content (AvgIpc) is 3.00. The summed E-state index contributed by atoms with van der Waals surface area (Å²) in [6, 6.07) is 18.5. The summed E-state index contributed by atoms with van der Waals surface area (Å²) in [7, 11) is 4.57. The quantitative estimate of drug-likeness (QED) is 0.161. The second-order valence-electron chi connectivity index (χ2n) is 9.60. The van der Waals surface area contributed by atoms with E-state index in [1.807, 2.05) is 19.9 Å². The molecular formula is C32H33FN4O5S. The minimum absolute atomic E-state index is 0.0302. The minimum Gasteiger partial charge on any atom is -0.497 e. The van der Waals surface area contributed by atoms with Gasteiger partial charge in [-0.05, 0) is 79.6 Å². The summed E-state index contributed by atoms with van der Waals surface area (Å²) in [5.41, 5.74) is 3.22. The molecule has 0 bridgehead atoms. The summed E-state index contributed by atoms with van der Waals surface area (Å²) in [5, 5.41) is 3.38. The number of methoxy groups -OCH3 is 3. The normalized spacial score (nSPS) is 11.4. The van der Waals surface area contributed by atoms with Crippen molar-refractivity contribution < 1.29 is 28.2 Å². The second kappa shape index (κ2) is 14.5. The van der Waals surface area contributed by atoms with Gasteiger partial charge in [-0.2, -0.15) is 0 Å². The van der Waals surface area contributed by atoms with Crippen LogP contribution < -0.4 is 19.5 Å². The molecule has 0 unspecified atom stereocenters. The monoisotopic (exact) mass is 604 g/mol. The highest BCUT2D eigenvalue weighted by atomic mass is 32.2. The lowest BCUT2D eigenvalue weighted by atomic mass is 10.0. The molecule has 1 atom stereocenters. The van der Waals surface area contributed by atoms with E-state index >= 15 is 0 Å². The first kappa shape index (κ1) is 31.3. The predicted molar refractivity (Wildman–Crippen MR) is 163 cm³/mol. The highest BCUT2D eigenvalue weighted by Crippen LogP contribution is 2.34. The fraction of sp³-hybridized carbons (Fsp3) is 0.250. The number of benzene rings is 3. The number of ether oxygens (including phenoxy) is 3. The van der Waals surface area contributed by atoms with Crippen LogP contribution in [0.5, 0.6) is 17.2 Å². The zero-order valence-corrected chi connectivity index (χ0v) is 25.4. The fourth-order valence-electron chi connectivity index (χ4n) is 4.46. The second-order valence-corrected chi connectivity index (χ2v) is 10.5. The van der Waals surface area contributed by atoms with Gasteiger partial charge in [-0.1, -0.05) is 30.0 Å². The third-order valence-electron chi connectivity index (χ3n) is 6.51. The molecule has 9 nitrogen and oxygen atoms in total. The van der Waals surface area contributed by atoms with Crippen LogP contribution in [0.1, 0.15) is 28.6 Å². The van der Waals surface area contributed by atoms with E-state index in [1.165, 1.54) is 43.0 Å². The maximum Gasteiger partial charge on any atom is 0.251 e. The Balaban J connectivity index is 1.75. The Morgan fingerprint density at radius 3 is 2.12 bits per heavy atom. The van der Waals surface area contributed by atoms with Crippen LogP contribution in [0.4, 0.5) is 10.1 Å². The van der Waals surface area contributed by atoms with Gasteiger partial charge in [-0.15, -0.1) is 0 Å². The van der Waals surface area contributed by atoms with E-state index < -0.39 is 17.8 Å². The first-order valence-corrected chi connectivity index (χ1v) is 14.3. The first-order valence-electron chi connectivity index (χ1n) is 13.4. The average molecular weight is 605 g/mol. The highest BCUT2D eigenvalue weighted by Gasteiger charge is 2.33. The van der Waals surface area contributed by atoms with Crippen molar-refractivity contribution >= 4 is 29.3 Å². The van der Waals surface area contributed by atoms with Gasteiger partial charge in [-0.3, -0.25) is 9.59 Å². The van der Waals surface area contributed by atoms with E-state index in [2.05, 4.69) is 15.3 Å². The summed E-state index contributed by atoms with van der Waals surface area (Å²) in [6.07, 6.45) is 0. The Morgan fingerprint density at radius 1 is 0.860 bits per heavy atom. The lowest BCUT2D eigenvalue weighted by molar-refractivity contribution is -0.137. The number of carbonyl (C=O) groups excluding carboxylic acids is 2. The summed E-state index contributed by atoms with van der Waals surface area (Å²) in [6.45, 7) is 3.75. The molecule has 0 saturated heterocycles. The Morgan fingerprint density at radius 2 is 1.51 bits per heavy atom. The van der Waals surface area contributed by atoms with E-state index in [-0.39, 0.29) is 18.2 Å². The molecule has 11 heteroatoms. The van der Waals surface area contributed by atoms with Gasteiger partial charge >= 0.3 is 0 Å². The zero-order valence-electron chi connectivity index (χ0n) is 24.6. The van der Waals surface area contributed by atoms with Crippen molar-refractivity contribution in [3.05, 3.63) is 101 Å². The van der Waals surface area contributed by atoms with Crippen molar-refractivity contribution in [1.82, 2.24) is 14.9 Å². The number of carbonyl (C=O) groups is 2. The van der Waals surface area contributed by atoms with Gasteiger partial charge in [0.15, 0.2) is 16.7 Å². The van der Waals surface area contributed by atoms with Crippen molar-refractivity contribution in [3.8, 4) is 17.2 Å². The van der Waals surface area contributed by atoms with Crippen molar-refractivity contribution in [1.29, 1.82) is 0 Å². The van der Waals surface area contributed by atoms with E-state index in [0.29, 0.717) is 39.2 Å². The largest absolute Gasteiger partial charge is 0.497 e. The molecule has 43 heavy (non-hydrogen) atoms. The number of aryl methyl sites for hydroxylation is 2. The van der Waals surface area contributed by atoms with Crippen LogP contribution in [-0.2, 0) is 16.1 Å². The molecule has 0 aliphatic heterocycles. The molecule has 224 valence electrons. The standard InChI is InChI=1S/C32H33FN4O5S/c1-20-16-21(2)35-32(34-20)43-19-29(38)37(18-22-6-9-24(33)10-7-22)30(23-8-15-27(41-4)28(17-23)42-5)31(39)36-25-11-13-26(40-3)14-12-25/h6-17,30H,18-19H2,1-5H3,(H,36,39)/t30-/m0/s1. The SMILES string of the molecule is COc1ccc(NC(=O)[C@H](c2ccc(OC)c(OC)c2)N(Cc2ccc(F)cc2)C(=O)CSc2nc(C)cc(C)n2)cc1. The molecule has 2 amide bonds. The Labute approximate surface area is 254 Å². The molecule has 1 aromatic heterocycles. The number of thioether (sulfide) groups is 1. The Kier molecular flexibility index (Phi) is 10.6. The lowest BCUT2D eigenvalue weighted by Crippen LogP contribution is -2.41. The van der Waals surface area contributed by atoms with Gasteiger partial charge in [0.05, 0.1) is 27.1 Å². The summed E-state index contributed by atoms with van der Waals surface area (Å²) in [5.74, 6) is 0.256. The van der Waals surface area contributed by atoms with E-state index in [1.54, 1.807) is 61.7 Å². The molecule has 1 N–H and O–H groups in total. The fourth-order valence-corrected chi connectivity index (χ4v) is 5.29. The van der Waals surface area contributed by atoms with Gasteiger partial charge in [0.1, 0.15) is 17.6 Å². The van der Waals surface area contributed by atoms with Crippen LogP contribution >= 0.6 is 11.8 Å². The van der Waals surface area contributed by atoms with Crippen LogP contribution in [0.25, 0.3) is 0 Å². The minimum atomic E-state index is -1.10. The molecule has 3 aromatic carbocycles. The Hall–Kier alpha value is -4.64. The number of hydrogen-bond acceptors (Lipinski definition) is 8. The van der Waals surface area contributed by atoms with Gasteiger partial charge in [0.2, 0.25) is 5.91 Å². The van der Waals surface area contributed by atoms with Crippen molar-refractivity contribution in [2.75, 3.05) is 32.4 Å². The smallest absolute Gasteiger partial charge is 0.251 e. The third-order valence-corrected chi connectivity index (χ3v) is 7.35. The zero-order chi connectivity index (χ0) is 30.9. The number of nitrogens with zero attached hydrogens (tertiary/aromatic N) is 3. The molecule has 1 heterocycles. The maximum absolute atomic E-state index is 14.1. The number of halogens is 1. The number of aromatic nitrogens is 2. The van der Waals surface area contributed by atoms with Gasteiger partial charge in [-0.25, -0.2) is 14.4 Å². The molecule has 4 aromatic rings. The van der Waals surface area contributed by atoms with E-state index in [9.17, 15) is 14.0 Å². The molecule has 0 spiro atoms.